The molecule has 0 bridgehead atoms. The lowest BCUT2D eigenvalue weighted by molar-refractivity contribution is -0.155. The number of likely N-dealkylation sites (N-methyl/N-ethyl adjacent to an activating group) is 1. The Labute approximate surface area is 187 Å². The molecule has 0 saturated heterocycles. The van der Waals surface area contributed by atoms with E-state index < -0.39 is 12.6 Å². The number of carbonyl (C=O) groups excluding carboxylic acids is 2. The molecule has 0 radical (unpaired) electrons. The number of amides is 1. The third-order valence-corrected chi connectivity index (χ3v) is 4.83. The lowest BCUT2D eigenvalue weighted by atomic mass is 10.1. The number of hydrogen-bond acceptors (Lipinski definition) is 8. The number of esters is 1. The van der Waals surface area contributed by atoms with Gasteiger partial charge in [-0.25, -0.2) is 4.79 Å². The van der Waals surface area contributed by atoms with Crippen LogP contribution >= 0.6 is 0 Å². The maximum Gasteiger partial charge on any atom is 0.347 e. The minimum absolute atomic E-state index is 0.188. The molecule has 0 aromatic heterocycles. The number of nitrogens with zero attached hydrogens (tertiary/aromatic N) is 3. The summed E-state index contributed by atoms with van der Waals surface area (Å²) >= 11 is 0. The third kappa shape index (κ3) is 6.13. The van der Waals surface area contributed by atoms with E-state index >= 15 is 0 Å². The number of rotatable bonds is 9. The summed E-state index contributed by atoms with van der Waals surface area (Å²) in [6.07, 6.45) is 0. The van der Waals surface area contributed by atoms with Crippen molar-refractivity contribution in [1.29, 1.82) is 0 Å². The van der Waals surface area contributed by atoms with Crippen molar-refractivity contribution >= 4 is 23.3 Å². The van der Waals surface area contributed by atoms with E-state index in [2.05, 4.69) is 5.16 Å². The standard InChI is InChI=1S/C23H27N3O6/c1-16(18-7-10-20-21(11-18)31-15-30-20)24-32-14-23(28)29-13-22(27)26(4)12-17-5-8-19(9-6-17)25(2)3/h5-11H,12-15H2,1-4H3/b24-16+. The fourth-order valence-corrected chi connectivity index (χ4v) is 2.91. The molecule has 1 aliphatic rings. The molecule has 32 heavy (non-hydrogen) atoms. The van der Waals surface area contributed by atoms with Gasteiger partial charge in [-0.05, 0) is 42.8 Å². The van der Waals surface area contributed by atoms with Crippen LogP contribution in [0.1, 0.15) is 18.1 Å². The monoisotopic (exact) mass is 441 g/mol. The Morgan fingerprint density at radius 2 is 1.72 bits per heavy atom. The molecule has 0 atom stereocenters. The summed E-state index contributed by atoms with van der Waals surface area (Å²) < 4.78 is 15.6. The van der Waals surface area contributed by atoms with Gasteiger partial charge in [-0.15, -0.1) is 0 Å². The highest BCUT2D eigenvalue weighted by Crippen LogP contribution is 2.32. The second-order valence-corrected chi connectivity index (χ2v) is 7.49. The first-order valence-electron chi connectivity index (χ1n) is 10.1. The minimum Gasteiger partial charge on any atom is -0.454 e. The summed E-state index contributed by atoms with van der Waals surface area (Å²) in [7, 11) is 5.59. The zero-order valence-corrected chi connectivity index (χ0v) is 18.7. The predicted molar refractivity (Wildman–Crippen MR) is 119 cm³/mol. The Kier molecular flexibility index (Phi) is 7.54. The molecule has 9 heteroatoms. The first kappa shape index (κ1) is 22.9. The van der Waals surface area contributed by atoms with E-state index in [4.69, 9.17) is 19.0 Å². The first-order valence-corrected chi connectivity index (χ1v) is 10.1. The van der Waals surface area contributed by atoms with E-state index in [-0.39, 0.29) is 19.3 Å². The second-order valence-electron chi connectivity index (χ2n) is 7.49. The molecule has 0 spiro atoms. The van der Waals surface area contributed by atoms with Crippen LogP contribution in [-0.2, 0) is 25.7 Å². The third-order valence-electron chi connectivity index (χ3n) is 4.83. The molecule has 2 aromatic rings. The lowest BCUT2D eigenvalue weighted by Crippen LogP contribution is -2.31. The summed E-state index contributed by atoms with van der Waals surface area (Å²) in [5, 5.41) is 3.92. The van der Waals surface area contributed by atoms with Gasteiger partial charge in [0.25, 0.3) is 5.91 Å². The highest BCUT2D eigenvalue weighted by Gasteiger charge is 2.15. The average Bonchev–Trinajstić information content (AvgIpc) is 3.25. The molecule has 0 aliphatic carbocycles. The fourth-order valence-electron chi connectivity index (χ4n) is 2.91. The summed E-state index contributed by atoms with van der Waals surface area (Å²) in [6.45, 7) is 1.59. The molecular formula is C23H27N3O6. The average molecular weight is 441 g/mol. The van der Waals surface area contributed by atoms with Crippen LogP contribution in [0, 0.1) is 0 Å². The van der Waals surface area contributed by atoms with Crippen molar-refractivity contribution in [2.24, 2.45) is 5.16 Å². The van der Waals surface area contributed by atoms with Gasteiger partial charge >= 0.3 is 5.97 Å². The molecule has 1 amide bonds. The molecule has 0 unspecified atom stereocenters. The van der Waals surface area contributed by atoms with Gasteiger partial charge in [-0.3, -0.25) is 4.79 Å². The van der Waals surface area contributed by atoms with Crippen molar-refractivity contribution in [3.05, 3.63) is 53.6 Å². The van der Waals surface area contributed by atoms with E-state index in [0.717, 1.165) is 16.8 Å². The Morgan fingerprint density at radius 1 is 1.00 bits per heavy atom. The fraction of sp³-hybridized carbons (Fsp3) is 0.348. The molecule has 2 aromatic carbocycles. The molecule has 9 nitrogen and oxygen atoms in total. The van der Waals surface area contributed by atoms with Crippen LogP contribution < -0.4 is 14.4 Å². The van der Waals surface area contributed by atoms with Gasteiger partial charge < -0.3 is 28.8 Å². The van der Waals surface area contributed by atoms with Crippen LogP contribution in [0.2, 0.25) is 0 Å². The highest BCUT2D eigenvalue weighted by molar-refractivity contribution is 5.99. The highest BCUT2D eigenvalue weighted by atomic mass is 16.7. The zero-order chi connectivity index (χ0) is 23.1. The van der Waals surface area contributed by atoms with Gasteiger partial charge in [-0.2, -0.15) is 0 Å². The van der Waals surface area contributed by atoms with Gasteiger partial charge in [-0.1, -0.05) is 17.3 Å². The topological polar surface area (TPSA) is 89.9 Å². The number of anilines is 1. The van der Waals surface area contributed by atoms with Crippen molar-refractivity contribution in [3.8, 4) is 11.5 Å². The molecular weight excluding hydrogens is 414 g/mol. The van der Waals surface area contributed by atoms with E-state index in [0.29, 0.717) is 23.8 Å². The molecule has 170 valence electrons. The van der Waals surface area contributed by atoms with Crippen LogP contribution in [0.5, 0.6) is 11.5 Å². The minimum atomic E-state index is -0.677. The number of hydrogen-bond donors (Lipinski definition) is 0. The maximum absolute atomic E-state index is 12.2. The normalized spacial score (nSPS) is 12.3. The van der Waals surface area contributed by atoms with E-state index in [1.54, 1.807) is 26.1 Å². The molecule has 3 rings (SSSR count). The van der Waals surface area contributed by atoms with Crippen LogP contribution in [-0.4, -0.2) is 63.6 Å². The van der Waals surface area contributed by atoms with Crippen molar-refractivity contribution in [2.75, 3.05) is 46.0 Å². The molecule has 0 N–H and O–H groups in total. The number of fused-ring (bicyclic) bond motifs is 1. The summed E-state index contributed by atoms with van der Waals surface area (Å²) in [5.74, 6) is 0.318. The molecule has 1 heterocycles. The first-order chi connectivity index (χ1) is 15.3. The number of carbonyl (C=O) groups is 2. The summed E-state index contributed by atoms with van der Waals surface area (Å²) in [5.41, 5.74) is 3.40. The van der Waals surface area contributed by atoms with E-state index in [1.165, 1.54) is 4.90 Å². The van der Waals surface area contributed by atoms with Crippen LogP contribution in [0.15, 0.2) is 47.6 Å². The predicted octanol–water partition coefficient (Wildman–Crippen LogP) is 2.42. The summed E-state index contributed by atoms with van der Waals surface area (Å²) in [6, 6.07) is 13.3. The van der Waals surface area contributed by atoms with Crippen LogP contribution in [0.4, 0.5) is 5.69 Å². The van der Waals surface area contributed by atoms with Crippen molar-refractivity contribution in [3.63, 3.8) is 0 Å². The second kappa shape index (κ2) is 10.5. The number of oxime groups is 1. The SMILES string of the molecule is C/C(=N\OCC(=O)OCC(=O)N(C)Cc1ccc(N(C)C)cc1)c1ccc2c(c1)OCO2. The van der Waals surface area contributed by atoms with Gasteiger partial charge in [0.05, 0.1) is 5.71 Å². The Balaban J connectivity index is 1.40. The lowest BCUT2D eigenvalue weighted by Gasteiger charge is -2.18. The zero-order valence-electron chi connectivity index (χ0n) is 18.7. The quantitative estimate of drug-likeness (QED) is 0.335. The van der Waals surface area contributed by atoms with Crippen LogP contribution in [0.3, 0.4) is 0 Å². The van der Waals surface area contributed by atoms with E-state index in [1.807, 2.05) is 49.3 Å². The van der Waals surface area contributed by atoms with Crippen LogP contribution in [0.25, 0.3) is 0 Å². The Morgan fingerprint density at radius 3 is 2.44 bits per heavy atom. The van der Waals surface area contributed by atoms with Crippen molar-refractivity contribution < 1.29 is 28.6 Å². The van der Waals surface area contributed by atoms with Crippen molar-refractivity contribution in [1.82, 2.24) is 4.90 Å². The number of ether oxygens (including phenoxy) is 3. The van der Waals surface area contributed by atoms with Crippen molar-refractivity contribution in [2.45, 2.75) is 13.5 Å². The molecule has 0 fully saturated rings. The maximum atomic E-state index is 12.2. The molecule has 1 aliphatic heterocycles. The van der Waals surface area contributed by atoms with Gasteiger partial charge in [0.2, 0.25) is 13.4 Å². The number of benzene rings is 2. The smallest absolute Gasteiger partial charge is 0.347 e. The Hall–Kier alpha value is -3.75. The van der Waals surface area contributed by atoms with Gasteiger partial charge in [0.1, 0.15) is 0 Å². The largest absolute Gasteiger partial charge is 0.454 e. The van der Waals surface area contributed by atoms with Gasteiger partial charge in [0, 0.05) is 38.9 Å². The van der Waals surface area contributed by atoms with E-state index in [9.17, 15) is 9.59 Å². The summed E-state index contributed by atoms with van der Waals surface area (Å²) in [4.78, 5) is 32.7. The van der Waals surface area contributed by atoms with Gasteiger partial charge in [0.15, 0.2) is 18.1 Å². The molecule has 0 saturated carbocycles. The Bertz CT molecular complexity index is 988.